The summed E-state index contributed by atoms with van der Waals surface area (Å²) in [6, 6.07) is 1.47. The van der Waals surface area contributed by atoms with Crippen molar-refractivity contribution in [1.29, 1.82) is 0 Å². The summed E-state index contributed by atoms with van der Waals surface area (Å²) < 4.78 is 0. The molecular weight excluding hydrogens is 232 g/mol. The Morgan fingerprint density at radius 3 is 2.37 bits per heavy atom. The first-order chi connectivity index (χ1) is 9.12. The lowest BCUT2D eigenvalue weighted by Crippen LogP contribution is -2.65. The summed E-state index contributed by atoms with van der Waals surface area (Å²) in [5.74, 6) is 0.945. The van der Waals surface area contributed by atoms with Crippen molar-refractivity contribution < 1.29 is 0 Å². The SMILES string of the molecule is CCC1(CC)CN(C(C)C2CCCCC2)C(C)CN1. The molecule has 1 saturated carbocycles. The Balaban J connectivity index is 2.03. The third-order valence-corrected chi connectivity index (χ3v) is 6.03. The Hall–Kier alpha value is -0.0800. The molecule has 0 radical (unpaired) electrons. The van der Waals surface area contributed by atoms with Gasteiger partial charge in [0.2, 0.25) is 0 Å². The standard InChI is InChI=1S/C17H34N2/c1-5-17(6-2)13-19(14(3)12-18-17)15(4)16-10-8-7-9-11-16/h14-16,18H,5-13H2,1-4H3. The Bertz CT molecular complexity index is 266. The van der Waals surface area contributed by atoms with Crippen LogP contribution in [0.25, 0.3) is 0 Å². The van der Waals surface area contributed by atoms with Crippen molar-refractivity contribution in [3.05, 3.63) is 0 Å². The summed E-state index contributed by atoms with van der Waals surface area (Å²) in [7, 11) is 0. The van der Waals surface area contributed by atoms with Gasteiger partial charge in [-0.25, -0.2) is 0 Å². The van der Waals surface area contributed by atoms with Crippen LogP contribution in [0.4, 0.5) is 0 Å². The number of rotatable bonds is 4. The number of nitrogens with zero attached hydrogens (tertiary/aromatic N) is 1. The lowest BCUT2D eigenvalue weighted by atomic mass is 9.81. The second-order valence-electron chi connectivity index (χ2n) is 7.03. The van der Waals surface area contributed by atoms with E-state index in [1.807, 2.05) is 0 Å². The van der Waals surface area contributed by atoms with E-state index in [0.29, 0.717) is 11.6 Å². The van der Waals surface area contributed by atoms with Crippen molar-refractivity contribution in [2.45, 2.75) is 90.3 Å². The zero-order chi connectivity index (χ0) is 13.9. The fraction of sp³-hybridized carbons (Fsp3) is 1.00. The van der Waals surface area contributed by atoms with Crippen LogP contribution in [-0.2, 0) is 0 Å². The molecule has 1 N–H and O–H groups in total. The first kappa shape index (κ1) is 15.3. The van der Waals surface area contributed by atoms with Crippen LogP contribution >= 0.6 is 0 Å². The van der Waals surface area contributed by atoms with Crippen molar-refractivity contribution in [2.75, 3.05) is 13.1 Å². The molecule has 2 nitrogen and oxygen atoms in total. The van der Waals surface area contributed by atoms with Gasteiger partial charge in [-0.05, 0) is 45.4 Å². The highest BCUT2D eigenvalue weighted by Gasteiger charge is 2.38. The fourth-order valence-electron chi connectivity index (χ4n) is 4.20. The van der Waals surface area contributed by atoms with Gasteiger partial charge in [-0.15, -0.1) is 0 Å². The topological polar surface area (TPSA) is 15.3 Å². The van der Waals surface area contributed by atoms with E-state index < -0.39 is 0 Å². The van der Waals surface area contributed by atoms with Gasteiger partial charge < -0.3 is 5.32 Å². The molecule has 2 atom stereocenters. The smallest absolute Gasteiger partial charge is 0.0304 e. The van der Waals surface area contributed by atoms with Crippen molar-refractivity contribution in [1.82, 2.24) is 10.2 Å². The molecule has 0 aromatic heterocycles. The Labute approximate surface area is 120 Å². The quantitative estimate of drug-likeness (QED) is 0.832. The summed E-state index contributed by atoms with van der Waals surface area (Å²) >= 11 is 0. The summed E-state index contributed by atoms with van der Waals surface area (Å²) in [6.07, 6.45) is 9.82. The van der Waals surface area contributed by atoms with E-state index in [-0.39, 0.29) is 0 Å². The molecule has 2 unspecified atom stereocenters. The second kappa shape index (κ2) is 6.58. The molecule has 0 aromatic rings. The zero-order valence-corrected chi connectivity index (χ0v) is 13.5. The molecule has 1 saturated heterocycles. The highest BCUT2D eigenvalue weighted by atomic mass is 15.3. The molecule has 2 heteroatoms. The third-order valence-electron chi connectivity index (χ3n) is 6.03. The number of nitrogens with one attached hydrogen (secondary N) is 1. The van der Waals surface area contributed by atoms with E-state index in [9.17, 15) is 0 Å². The molecule has 112 valence electrons. The van der Waals surface area contributed by atoms with Crippen LogP contribution in [0.1, 0.15) is 72.6 Å². The maximum absolute atomic E-state index is 3.83. The normalized spacial score (nSPS) is 31.3. The van der Waals surface area contributed by atoms with Gasteiger partial charge in [0.25, 0.3) is 0 Å². The van der Waals surface area contributed by atoms with Gasteiger partial charge in [0.05, 0.1) is 0 Å². The Morgan fingerprint density at radius 2 is 1.79 bits per heavy atom. The molecule has 19 heavy (non-hydrogen) atoms. The summed E-state index contributed by atoms with van der Waals surface area (Å²) in [6.45, 7) is 12.0. The highest BCUT2D eigenvalue weighted by molar-refractivity contribution is 4.98. The average Bonchev–Trinajstić information content (AvgIpc) is 2.48. The molecule has 1 heterocycles. The minimum absolute atomic E-state index is 0.370. The van der Waals surface area contributed by atoms with Crippen molar-refractivity contribution in [3.8, 4) is 0 Å². The molecule has 1 aliphatic heterocycles. The van der Waals surface area contributed by atoms with E-state index >= 15 is 0 Å². The van der Waals surface area contributed by atoms with Gasteiger partial charge in [0.1, 0.15) is 0 Å². The fourth-order valence-corrected chi connectivity index (χ4v) is 4.20. The molecule has 0 bridgehead atoms. The van der Waals surface area contributed by atoms with Crippen LogP contribution in [-0.4, -0.2) is 35.6 Å². The average molecular weight is 266 g/mol. The van der Waals surface area contributed by atoms with E-state index in [1.54, 1.807) is 0 Å². The van der Waals surface area contributed by atoms with Crippen LogP contribution < -0.4 is 5.32 Å². The first-order valence-corrected chi connectivity index (χ1v) is 8.62. The van der Waals surface area contributed by atoms with Gasteiger partial charge >= 0.3 is 0 Å². The maximum Gasteiger partial charge on any atom is 0.0304 e. The lowest BCUT2D eigenvalue weighted by Gasteiger charge is -2.50. The molecule has 0 spiro atoms. The largest absolute Gasteiger partial charge is 0.308 e. The number of piperazine rings is 1. The van der Waals surface area contributed by atoms with Crippen LogP contribution in [0, 0.1) is 5.92 Å². The minimum atomic E-state index is 0.370. The van der Waals surface area contributed by atoms with E-state index in [4.69, 9.17) is 0 Å². The zero-order valence-electron chi connectivity index (χ0n) is 13.5. The summed E-state index contributed by atoms with van der Waals surface area (Å²) in [4.78, 5) is 2.82. The molecule has 2 rings (SSSR count). The molecular formula is C17H34N2. The van der Waals surface area contributed by atoms with Gasteiger partial charge in [-0.2, -0.15) is 0 Å². The molecule has 2 fully saturated rings. The highest BCUT2D eigenvalue weighted by Crippen LogP contribution is 2.32. The molecule has 2 aliphatic rings. The van der Waals surface area contributed by atoms with Crippen LogP contribution in [0.15, 0.2) is 0 Å². The summed E-state index contributed by atoms with van der Waals surface area (Å²) in [5, 5.41) is 3.83. The van der Waals surface area contributed by atoms with Crippen LogP contribution in [0.2, 0.25) is 0 Å². The van der Waals surface area contributed by atoms with E-state index in [1.165, 1.54) is 58.0 Å². The predicted molar refractivity (Wildman–Crippen MR) is 83.5 cm³/mol. The van der Waals surface area contributed by atoms with Gasteiger partial charge in [0, 0.05) is 30.7 Å². The van der Waals surface area contributed by atoms with Crippen molar-refractivity contribution in [2.24, 2.45) is 5.92 Å². The monoisotopic (exact) mass is 266 g/mol. The Morgan fingerprint density at radius 1 is 1.16 bits per heavy atom. The van der Waals surface area contributed by atoms with E-state index in [0.717, 1.165) is 12.0 Å². The number of hydrogen-bond donors (Lipinski definition) is 1. The lowest BCUT2D eigenvalue weighted by molar-refractivity contribution is 0.0209. The van der Waals surface area contributed by atoms with Crippen molar-refractivity contribution >= 4 is 0 Å². The number of hydrogen-bond acceptors (Lipinski definition) is 2. The Kier molecular flexibility index (Phi) is 5.30. The van der Waals surface area contributed by atoms with Crippen LogP contribution in [0.3, 0.4) is 0 Å². The third kappa shape index (κ3) is 3.33. The minimum Gasteiger partial charge on any atom is -0.308 e. The van der Waals surface area contributed by atoms with E-state index in [2.05, 4.69) is 37.9 Å². The first-order valence-electron chi connectivity index (χ1n) is 8.62. The maximum atomic E-state index is 3.83. The molecule has 0 amide bonds. The van der Waals surface area contributed by atoms with Gasteiger partial charge in [0.15, 0.2) is 0 Å². The predicted octanol–water partition coefficient (Wildman–Crippen LogP) is 3.81. The second-order valence-corrected chi connectivity index (χ2v) is 7.03. The van der Waals surface area contributed by atoms with Crippen molar-refractivity contribution in [3.63, 3.8) is 0 Å². The molecule has 1 aliphatic carbocycles. The van der Waals surface area contributed by atoms with Gasteiger partial charge in [-0.1, -0.05) is 33.1 Å². The van der Waals surface area contributed by atoms with Gasteiger partial charge in [-0.3, -0.25) is 4.90 Å². The van der Waals surface area contributed by atoms with Crippen LogP contribution in [0.5, 0.6) is 0 Å². The molecule has 0 aromatic carbocycles. The summed E-state index contributed by atoms with van der Waals surface area (Å²) in [5.41, 5.74) is 0.370.